The van der Waals surface area contributed by atoms with Crippen molar-refractivity contribution in [3.63, 3.8) is 0 Å². The molecule has 3 aromatic rings. The van der Waals surface area contributed by atoms with Crippen LogP contribution < -0.4 is 11.2 Å². The molecule has 0 saturated heterocycles. The smallest absolute Gasteiger partial charge is 0.287 e. The molecule has 0 saturated carbocycles. The molecule has 1 aromatic carbocycles. The molecule has 2 aromatic heterocycles. The predicted octanol–water partition coefficient (Wildman–Crippen LogP) is 3.26. The zero-order chi connectivity index (χ0) is 21.3. The van der Waals surface area contributed by atoms with Gasteiger partial charge in [-0.2, -0.15) is 0 Å². The van der Waals surface area contributed by atoms with Gasteiger partial charge >= 0.3 is 5.69 Å². The summed E-state index contributed by atoms with van der Waals surface area (Å²) in [7, 11) is 0. The Bertz CT molecular complexity index is 1180. The topological polar surface area (TPSA) is 84.8 Å². The summed E-state index contributed by atoms with van der Waals surface area (Å²) in [5, 5.41) is 0. The number of H-pyrrole nitrogens is 1. The molecular weight excluding hydrogens is 366 g/mol. The molecule has 0 atom stereocenters. The molecule has 29 heavy (non-hydrogen) atoms. The van der Waals surface area contributed by atoms with E-state index in [0.717, 1.165) is 22.4 Å². The first-order chi connectivity index (χ1) is 13.7. The second-order valence-electron chi connectivity index (χ2n) is 7.77. The van der Waals surface area contributed by atoms with Gasteiger partial charge in [0.15, 0.2) is 0 Å². The van der Waals surface area contributed by atoms with E-state index in [1.165, 1.54) is 4.57 Å². The van der Waals surface area contributed by atoms with Crippen LogP contribution in [0.3, 0.4) is 0 Å². The van der Waals surface area contributed by atoms with Crippen LogP contribution in [0.5, 0.6) is 0 Å². The van der Waals surface area contributed by atoms with Crippen molar-refractivity contribution in [2.45, 2.75) is 47.1 Å². The Balaban J connectivity index is 2.28. The van der Waals surface area contributed by atoms with Crippen molar-refractivity contribution in [2.24, 2.45) is 0 Å². The summed E-state index contributed by atoms with van der Waals surface area (Å²) in [6.45, 7) is 9.54. The van der Waals surface area contributed by atoms with E-state index < -0.39 is 11.2 Å². The first-order valence-electron chi connectivity index (χ1n) is 9.59. The van der Waals surface area contributed by atoms with Crippen LogP contribution in [0.1, 0.15) is 63.8 Å². The van der Waals surface area contributed by atoms with Gasteiger partial charge in [0.05, 0.1) is 6.54 Å². The molecular formula is C23H25N3O3. The minimum Gasteiger partial charge on any atom is -0.287 e. The van der Waals surface area contributed by atoms with E-state index in [-0.39, 0.29) is 23.9 Å². The van der Waals surface area contributed by atoms with Crippen molar-refractivity contribution >= 4 is 5.78 Å². The molecule has 0 aliphatic carbocycles. The van der Waals surface area contributed by atoms with Crippen LogP contribution >= 0.6 is 0 Å². The van der Waals surface area contributed by atoms with Gasteiger partial charge in [-0.25, -0.2) is 4.79 Å². The summed E-state index contributed by atoms with van der Waals surface area (Å²) >= 11 is 0. The van der Waals surface area contributed by atoms with E-state index in [4.69, 9.17) is 0 Å². The lowest BCUT2D eigenvalue weighted by atomic mass is 9.95. The Hall–Kier alpha value is -3.28. The third-order valence-electron chi connectivity index (χ3n) is 4.81. The van der Waals surface area contributed by atoms with E-state index >= 15 is 0 Å². The van der Waals surface area contributed by atoms with Crippen molar-refractivity contribution < 1.29 is 4.79 Å². The fourth-order valence-corrected chi connectivity index (χ4v) is 3.65. The van der Waals surface area contributed by atoms with Crippen molar-refractivity contribution in [1.29, 1.82) is 0 Å². The van der Waals surface area contributed by atoms with Crippen LogP contribution in [0.2, 0.25) is 0 Å². The number of benzene rings is 1. The molecule has 0 bridgehead atoms. The number of nitrogens with one attached hydrogen (secondary N) is 1. The normalized spacial score (nSPS) is 11.1. The van der Waals surface area contributed by atoms with Crippen LogP contribution in [0.15, 0.2) is 46.1 Å². The van der Waals surface area contributed by atoms with Crippen molar-refractivity contribution in [3.8, 4) is 0 Å². The molecule has 3 rings (SSSR count). The molecule has 0 amide bonds. The lowest BCUT2D eigenvalue weighted by Crippen LogP contribution is -2.38. The molecule has 1 N–H and O–H groups in total. The number of ketones is 1. The highest BCUT2D eigenvalue weighted by Crippen LogP contribution is 2.20. The van der Waals surface area contributed by atoms with Gasteiger partial charge in [-0.15, -0.1) is 0 Å². The summed E-state index contributed by atoms with van der Waals surface area (Å²) < 4.78 is 1.37. The van der Waals surface area contributed by atoms with Crippen molar-refractivity contribution in [2.75, 3.05) is 0 Å². The van der Waals surface area contributed by atoms with Crippen LogP contribution in [0.25, 0.3) is 0 Å². The van der Waals surface area contributed by atoms with Gasteiger partial charge in [-0.1, -0.05) is 31.0 Å². The zero-order valence-electron chi connectivity index (χ0n) is 17.4. The lowest BCUT2D eigenvalue weighted by Gasteiger charge is -2.18. The van der Waals surface area contributed by atoms with E-state index in [1.807, 2.05) is 46.8 Å². The van der Waals surface area contributed by atoms with Crippen molar-refractivity contribution in [1.82, 2.24) is 14.5 Å². The Kier molecular flexibility index (Phi) is 5.64. The average Bonchev–Trinajstić information content (AvgIpc) is 2.62. The molecule has 0 spiro atoms. The number of aromatic amines is 1. The minimum atomic E-state index is -0.596. The maximum Gasteiger partial charge on any atom is 0.329 e. The predicted molar refractivity (Wildman–Crippen MR) is 113 cm³/mol. The number of aryl methyl sites for hydroxylation is 3. The Morgan fingerprint density at radius 1 is 1.07 bits per heavy atom. The lowest BCUT2D eigenvalue weighted by molar-refractivity contribution is 0.102. The number of nitrogens with zero attached hydrogens (tertiary/aromatic N) is 2. The minimum absolute atomic E-state index is 0.146. The molecule has 0 unspecified atom stereocenters. The van der Waals surface area contributed by atoms with E-state index in [1.54, 1.807) is 24.4 Å². The first kappa shape index (κ1) is 20.5. The maximum atomic E-state index is 13.5. The van der Waals surface area contributed by atoms with Crippen LogP contribution in [-0.2, 0) is 6.54 Å². The number of hydrogen-bond acceptors (Lipinski definition) is 4. The van der Waals surface area contributed by atoms with Gasteiger partial charge in [0.1, 0.15) is 5.69 Å². The molecule has 0 fully saturated rings. The van der Waals surface area contributed by atoms with Gasteiger partial charge in [0.2, 0.25) is 5.78 Å². The highest BCUT2D eigenvalue weighted by molar-refractivity contribution is 6.09. The molecule has 6 heteroatoms. The van der Waals surface area contributed by atoms with E-state index in [0.29, 0.717) is 11.1 Å². The molecule has 2 heterocycles. The number of aromatic nitrogens is 3. The van der Waals surface area contributed by atoms with Gasteiger partial charge in [-0.05, 0) is 56.5 Å². The molecule has 0 radical (unpaired) electrons. The second kappa shape index (κ2) is 7.99. The fraction of sp³-hybridized carbons (Fsp3) is 0.304. The zero-order valence-corrected chi connectivity index (χ0v) is 17.4. The molecule has 6 nitrogen and oxygen atoms in total. The summed E-state index contributed by atoms with van der Waals surface area (Å²) in [6, 6.07) is 9.20. The first-order valence-corrected chi connectivity index (χ1v) is 9.59. The van der Waals surface area contributed by atoms with E-state index in [2.05, 4.69) is 9.97 Å². The highest BCUT2D eigenvalue weighted by Gasteiger charge is 2.25. The van der Waals surface area contributed by atoms with Gasteiger partial charge in [0.25, 0.3) is 5.56 Å². The van der Waals surface area contributed by atoms with Gasteiger partial charge in [-0.3, -0.25) is 24.1 Å². The quantitative estimate of drug-likeness (QED) is 0.677. The van der Waals surface area contributed by atoms with Crippen LogP contribution in [0, 0.1) is 20.8 Å². The molecule has 0 aliphatic rings. The fourth-order valence-electron chi connectivity index (χ4n) is 3.65. The molecule has 0 aliphatic heterocycles. The number of carbonyl (C=O) groups excluding carboxylic acids is 1. The third kappa shape index (κ3) is 4.26. The number of hydrogen-bond donors (Lipinski definition) is 1. The van der Waals surface area contributed by atoms with Crippen molar-refractivity contribution in [3.05, 3.63) is 96.6 Å². The Labute approximate surface area is 169 Å². The second-order valence-corrected chi connectivity index (χ2v) is 7.77. The number of carbonyl (C=O) groups is 1. The summed E-state index contributed by atoms with van der Waals surface area (Å²) in [4.78, 5) is 45.4. The highest BCUT2D eigenvalue weighted by atomic mass is 16.2. The summed E-state index contributed by atoms with van der Waals surface area (Å²) in [6.07, 6.45) is 1.66. The standard InChI is InChI=1S/C23H25N3O3/c1-13(2)19-20(21(27)18-9-14(3)8-15(4)10-18)26(23(29)25-22(19)28)12-17-6-7-24-16(5)11-17/h6-11,13H,12H2,1-5H3,(H,25,28,29). The van der Waals surface area contributed by atoms with Crippen LogP contribution in [0.4, 0.5) is 0 Å². The monoisotopic (exact) mass is 391 g/mol. The van der Waals surface area contributed by atoms with E-state index in [9.17, 15) is 14.4 Å². The third-order valence-corrected chi connectivity index (χ3v) is 4.81. The molecule has 150 valence electrons. The van der Waals surface area contributed by atoms with Crippen LogP contribution in [-0.4, -0.2) is 20.3 Å². The van der Waals surface area contributed by atoms with Gasteiger partial charge in [0, 0.05) is 23.0 Å². The Morgan fingerprint density at radius 3 is 2.31 bits per heavy atom. The largest absolute Gasteiger partial charge is 0.329 e. The summed E-state index contributed by atoms with van der Waals surface area (Å²) in [5.74, 6) is -0.552. The maximum absolute atomic E-state index is 13.5. The van der Waals surface area contributed by atoms with Gasteiger partial charge < -0.3 is 0 Å². The average molecular weight is 391 g/mol. The SMILES string of the molecule is Cc1cc(C)cc(C(=O)c2c(C(C)C)c(=O)[nH]c(=O)n2Cc2ccnc(C)c2)c1. The Morgan fingerprint density at radius 2 is 1.72 bits per heavy atom. The number of rotatable bonds is 5. The summed E-state index contributed by atoms with van der Waals surface area (Å²) in [5.41, 5.74) is 3.36. The number of pyridine rings is 1.